The molecule has 3 amide bonds. The van der Waals surface area contributed by atoms with Gasteiger partial charge < -0.3 is 26.0 Å². The fourth-order valence-corrected chi connectivity index (χ4v) is 3.36. The summed E-state index contributed by atoms with van der Waals surface area (Å²) >= 11 is 0. The molecule has 1 aliphatic rings. The Bertz CT molecular complexity index is 795. The molecule has 4 N–H and O–H groups in total. The third-order valence-corrected chi connectivity index (χ3v) is 4.95. The number of ether oxygens (including phenoxy) is 1. The molecule has 1 unspecified atom stereocenters. The quantitative estimate of drug-likeness (QED) is 0.597. The Morgan fingerprint density at radius 2 is 1.79 bits per heavy atom. The van der Waals surface area contributed by atoms with Gasteiger partial charge in [0.05, 0.1) is 25.8 Å². The molecular weight excluding hydrogens is 368 g/mol. The zero-order valence-electron chi connectivity index (χ0n) is 16.5. The monoisotopic (exact) mass is 396 g/mol. The second kappa shape index (κ2) is 10.5. The molecule has 2 aromatic carbocycles. The van der Waals surface area contributed by atoms with E-state index in [2.05, 4.69) is 10.6 Å². The molecular formula is C22H28N4O3. The molecule has 7 nitrogen and oxygen atoms in total. The summed E-state index contributed by atoms with van der Waals surface area (Å²) in [6, 6.07) is 16.9. The number of nitrogens with one attached hydrogen (secondary N) is 2. The second-order valence-electron chi connectivity index (χ2n) is 7.16. The normalized spacial score (nSPS) is 15.9. The Labute approximate surface area is 171 Å². The first-order chi connectivity index (χ1) is 14.1. The zero-order chi connectivity index (χ0) is 20.5. The largest absolute Gasteiger partial charge is 0.399 e. The Morgan fingerprint density at radius 1 is 1.03 bits per heavy atom. The van der Waals surface area contributed by atoms with E-state index in [9.17, 15) is 9.59 Å². The van der Waals surface area contributed by atoms with Crippen molar-refractivity contribution in [1.29, 1.82) is 0 Å². The molecule has 0 aliphatic carbocycles. The highest BCUT2D eigenvalue weighted by atomic mass is 16.5. The zero-order valence-corrected chi connectivity index (χ0v) is 16.5. The summed E-state index contributed by atoms with van der Waals surface area (Å²) in [5.74, 6) is -0.0848. The van der Waals surface area contributed by atoms with Crippen molar-refractivity contribution < 1.29 is 14.3 Å². The minimum Gasteiger partial charge on any atom is -0.399 e. The van der Waals surface area contributed by atoms with Crippen molar-refractivity contribution >= 4 is 17.6 Å². The van der Waals surface area contributed by atoms with E-state index < -0.39 is 0 Å². The van der Waals surface area contributed by atoms with E-state index in [0.29, 0.717) is 32.0 Å². The molecule has 2 aromatic rings. The summed E-state index contributed by atoms with van der Waals surface area (Å²) < 4.78 is 5.80. The Balaban J connectivity index is 1.37. The van der Waals surface area contributed by atoms with Crippen LogP contribution in [-0.2, 0) is 22.7 Å². The van der Waals surface area contributed by atoms with Crippen LogP contribution in [0, 0.1) is 0 Å². The molecule has 1 heterocycles. The SMILES string of the molecule is Nc1ccc(CNC(=O)NCC(=O)N2CCCC2COCc2ccccc2)cc1. The number of carbonyl (C=O) groups is 2. The predicted molar refractivity (Wildman–Crippen MR) is 112 cm³/mol. The smallest absolute Gasteiger partial charge is 0.315 e. The van der Waals surface area contributed by atoms with Crippen LogP contribution in [0.25, 0.3) is 0 Å². The van der Waals surface area contributed by atoms with Gasteiger partial charge in [0.2, 0.25) is 5.91 Å². The van der Waals surface area contributed by atoms with Gasteiger partial charge in [-0.25, -0.2) is 4.79 Å². The Morgan fingerprint density at radius 3 is 2.55 bits per heavy atom. The summed E-state index contributed by atoms with van der Waals surface area (Å²) in [6.45, 7) is 2.09. The standard InChI is InChI=1S/C22H28N4O3/c23-19-10-8-17(9-11-19)13-24-22(28)25-14-21(27)26-12-4-7-20(26)16-29-15-18-5-2-1-3-6-18/h1-3,5-6,8-11,20H,4,7,12-16,23H2,(H2,24,25,28). The maximum Gasteiger partial charge on any atom is 0.315 e. The van der Waals surface area contributed by atoms with E-state index >= 15 is 0 Å². The van der Waals surface area contributed by atoms with Gasteiger partial charge in [-0.15, -0.1) is 0 Å². The van der Waals surface area contributed by atoms with Gasteiger partial charge in [0, 0.05) is 18.8 Å². The van der Waals surface area contributed by atoms with E-state index in [1.54, 1.807) is 12.1 Å². The van der Waals surface area contributed by atoms with Crippen LogP contribution in [-0.4, -0.2) is 42.6 Å². The number of nitrogens with two attached hydrogens (primary N) is 1. The third kappa shape index (κ3) is 6.50. The number of rotatable bonds is 8. The average molecular weight is 396 g/mol. The van der Waals surface area contributed by atoms with E-state index in [0.717, 1.165) is 24.0 Å². The fraction of sp³-hybridized carbons (Fsp3) is 0.364. The minimum atomic E-state index is -0.369. The Hall–Kier alpha value is -3.06. The number of likely N-dealkylation sites (tertiary alicyclic amines) is 1. The van der Waals surface area contributed by atoms with Crippen LogP contribution >= 0.6 is 0 Å². The summed E-state index contributed by atoms with van der Waals surface area (Å²) in [5.41, 5.74) is 8.38. The van der Waals surface area contributed by atoms with Crippen LogP contribution in [0.15, 0.2) is 54.6 Å². The van der Waals surface area contributed by atoms with E-state index in [4.69, 9.17) is 10.5 Å². The van der Waals surface area contributed by atoms with E-state index in [-0.39, 0.29) is 24.5 Å². The first-order valence-electron chi connectivity index (χ1n) is 9.89. The number of anilines is 1. The first-order valence-corrected chi connectivity index (χ1v) is 9.89. The van der Waals surface area contributed by atoms with Gasteiger partial charge in [-0.05, 0) is 36.1 Å². The summed E-state index contributed by atoms with van der Waals surface area (Å²) in [7, 11) is 0. The molecule has 1 atom stereocenters. The highest BCUT2D eigenvalue weighted by Crippen LogP contribution is 2.18. The number of benzene rings is 2. The molecule has 0 bridgehead atoms. The highest BCUT2D eigenvalue weighted by Gasteiger charge is 2.28. The lowest BCUT2D eigenvalue weighted by Crippen LogP contribution is -2.46. The topological polar surface area (TPSA) is 96.7 Å². The van der Waals surface area contributed by atoms with Crippen molar-refractivity contribution in [3.8, 4) is 0 Å². The number of amides is 3. The van der Waals surface area contributed by atoms with Gasteiger partial charge in [-0.2, -0.15) is 0 Å². The van der Waals surface area contributed by atoms with Gasteiger partial charge in [0.15, 0.2) is 0 Å². The average Bonchev–Trinajstić information content (AvgIpc) is 3.21. The van der Waals surface area contributed by atoms with Crippen LogP contribution < -0.4 is 16.4 Å². The lowest BCUT2D eigenvalue weighted by atomic mass is 10.2. The molecule has 154 valence electrons. The van der Waals surface area contributed by atoms with Gasteiger partial charge in [-0.1, -0.05) is 42.5 Å². The van der Waals surface area contributed by atoms with Crippen LogP contribution in [0.5, 0.6) is 0 Å². The molecule has 1 aliphatic heterocycles. The molecule has 29 heavy (non-hydrogen) atoms. The van der Waals surface area contributed by atoms with Gasteiger partial charge in [-0.3, -0.25) is 4.79 Å². The fourth-order valence-electron chi connectivity index (χ4n) is 3.36. The first kappa shape index (κ1) is 20.7. The number of hydrogen-bond donors (Lipinski definition) is 3. The lowest BCUT2D eigenvalue weighted by Gasteiger charge is -2.25. The second-order valence-corrected chi connectivity index (χ2v) is 7.16. The minimum absolute atomic E-state index is 0.0250. The van der Waals surface area contributed by atoms with Crippen LogP contribution in [0.4, 0.5) is 10.5 Å². The number of nitrogens with zero attached hydrogens (tertiary/aromatic N) is 1. The number of carbonyl (C=O) groups excluding carboxylic acids is 2. The van der Waals surface area contributed by atoms with Gasteiger partial charge >= 0.3 is 6.03 Å². The molecule has 0 radical (unpaired) electrons. The van der Waals surface area contributed by atoms with Gasteiger partial charge in [0.1, 0.15) is 0 Å². The lowest BCUT2D eigenvalue weighted by molar-refractivity contribution is -0.132. The van der Waals surface area contributed by atoms with Crippen LogP contribution in [0.3, 0.4) is 0 Å². The molecule has 0 aromatic heterocycles. The molecule has 3 rings (SSSR count). The number of urea groups is 1. The van der Waals surface area contributed by atoms with Crippen molar-refractivity contribution in [1.82, 2.24) is 15.5 Å². The van der Waals surface area contributed by atoms with Crippen molar-refractivity contribution in [3.63, 3.8) is 0 Å². The molecule has 1 fully saturated rings. The molecule has 0 saturated carbocycles. The summed E-state index contributed by atoms with van der Waals surface area (Å²) in [4.78, 5) is 26.3. The maximum atomic E-state index is 12.5. The van der Waals surface area contributed by atoms with Crippen LogP contribution in [0.1, 0.15) is 24.0 Å². The predicted octanol–water partition coefficient (Wildman–Crippen LogP) is 2.28. The van der Waals surface area contributed by atoms with Crippen molar-refractivity contribution in [3.05, 3.63) is 65.7 Å². The number of hydrogen-bond acceptors (Lipinski definition) is 4. The van der Waals surface area contributed by atoms with E-state index in [1.807, 2.05) is 47.4 Å². The molecule has 1 saturated heterocycles. The van der Waals surface area contributed by atoms with Gasteiger partial charge in [0.25, 0.3) is 0 Å². The highest BCUT2D eigenvalue weighted by molar-refractivity contribution is 5.84. The number of nitrogen functional groups attached to an aromatic ring is 1. The van der Waals surface area contributed by atoms with Crippen molar-refractivity contribution in [2.24, 2.45) is 0 Å². The van der Waals surface area contributed by atoms with E-state index in [1.165, 1.54) is 0 Å². The molecule has 0 spiro atoms. The summed E-state index contributed by atoms with van der Waals surface area (Å²) in [6.07, 6.45) is 1.87. The summed E-state index contributed by atoms with van der Waals surface area (Å²) in [5, 5.41) is 5.38. The molecule has 7 heteroatoms. The van der Waals surface area contributed by atoms with Crippen molar-refractivity contribution in [2.75, 3.05) is 25.4 Å². The van der Waals surface area contributed by atoms with Crippen molar-refractivity contribution in [2.45, 2.75) is 32.0 Å². The third-order valence-electron chi connectivity index (χ3n) is 4.95. The Kier molecular flexibility index (Phi) is 7.47. The maximum absolute atomic E-state index is 12.5. The van der Waals surface area contributed by atoms with Crippen LogP contribution in [0.2, 0.25) is 0 Å².